The van der Waals surface area contributed by atoms with Gasteiger partial charge in [-0.05, 0) is 60.4 Å². The number of hydrogen-bond donors (Lipinski definition) is 1. The van der Waals surface area contributed by atoms with Crippen LogP contribution in [0.5, 0.6) is 0 Å². The van der Waals surface area contributed by atoms with Crippen LogP contribution >= 0.6 is 15.9 Å². The van der Waals surface area contributed by atoms with Gasteiger partial charge in [-0.2, -0.15) is 0 Å². The molecule has 1 aromatic rings. The van der Waals surface area contributed by atoms with E-state index in [1.807, 2.05) is 0 Å². The molecule has 5 heteroatoms. The SMILES string of the molecule is C[C@H]1CCCCN1CCNC(=O)c1cc(F)ccc1Br. The molecule has 1 saturated heterocycles. The molecule has 1 amide bonds. The van der Waals surface area contributed by atoms with E-state index in [9.17, 15) is 9.18 Å². The average molecular weight is 343 g/mol. The van der Waals surface area contributed by atoms with Crippen LogP contribution in [0.1, 0.15) is 36.5 Å². The molecule has 20 heavy (non-hydrogen) atoms. The molecule has 1 atom stereocenters. The highest BCUT2D eigenvalue weighted by molar-refractivity contribution is 9.10. The first-order chi connectivity index (χ1) is 9.58. The number of carbonyl (C=O) groups excluding carboxylic acids is 1. The summed E-state index contributed by atoms with van der Waals surface area (Å²) in [6, 6.07) is 4.72. The maximum Gasteiger partial charge on any atom is 0.252 e. The third-order valence-corrected chi connectivity index (χ3v) is 4.49. The number of rotatable bonds is 4. The van der Waals surface area contributed by atoms with Crippen LogP contribution in [-0.4, -0.2) is 36.5 Å². The first-order valence-electron chi connectivity index (χ1n) is 7.05. The Labute approximate surface area is 127 Å². The Kier molecular flexibility index (Phi) is 5.54. The number of benzene rings is 1. The predicted octanol–water partition coefficient (Wildman–Crippen LogP) is 3.19. The number of amides is 1. The molecule has 1 aliphatic heterocycles. The van der Waals surface area contributed by atoms with Gasteiger partial charge in [0.05, 0.1) is 5.56 Å². The van der Waals surface area contributed by atoms with Gasteiger partial charge in [-0.25, -0.2) is 4.39 Å². The molecular formula is C15H20BrFN2O. The van der Waals surface area contributed by atoms with E-state index >= 15 is 0 Å². The normalized spacial score (nSPS) is 19.9. The molecule has 3 nitrogen and oxygen atoms in total. The van der Waals surface area contributed by atoms with Crippen molar-refractivity contribution in [2.75, 3.05) is 19.6 Å². The van der Waals surface area contributed by atoms with E-state index < -0.39 is 5.82 Å². The summed E-state index contributed by atoms with van der Waals surface area (Å²) in [6.07, 6.45) is 3.75. The van der Waals surface area contributed by atoms with Crippen LogP contribution in [0.3, 0.4) is 0 Å². The number of halogens is 2. The zero-order chi connectivity index (χ0) is 14.5. The number of likely N-dealkylation sites (tertiary alicyclic amines) is 1. The molecule has 1 aliphatic rings. The maximum atomic E-state index is 13.2. The highest BCUT2D eigenvalue weighted by atomic mass is 79.9. The molecule has 0 saturated carbocycles. The van der Waals surface area contributed by atoms with Gasteiger partial charge in [0.2, 0.25) is 0 Å². The quantitative estimate of drug-likeness (QED) is 0.911. The van der Waals surface area contributed by atoms with E-state index in [0.29, 0.717) is 22.6 Å². The zero-order valence-corrected chi connectivity index (χ0v) is 13.2. The third-order valence-electron chi connectivity index (χ3n) is 3.80. The van der Waals surface area contributed by atoms with Gasteiger partial charge in [0.1, 0.15) is 5.82 Å². The second kappa shape index (κ2) is 7.18. The van der Waals surface area contributed by atoms with Crippen molar-refractivity contribution in [2.45, 2.75) is 32.2 Å². The molecule has 0 bridgehead atoms. The minimum Gasteiger partial charge on any atom is -0.351 e. The topological polar surface area (TPSA) is 32.3 Å². The lowest BCUT2D eigenvalue weighted by molar-refractivity contribution is 0.0937. The summed E-state index contributed by atoms with van der Waals surface area (Å²) in [6.45, 7) is 4.76. The molecule has 0 aliphatic carbocycles. The van der Waals surface area contributed by atoms with Gasteiger partial charge >= 0.3 is 0 Å². The molecule has 0 spiro atoms. The molecule has 1 heterocycles. The lowest BCUT2D eigenvalue weighted by Crippen LogP contribution is -2.42. The van der Waals surface area contributed by atoms with E-state index in [0.717, 1.165) is 13.1 Å². The fraction of sp³-hybridized carbons (Fsp3) is 0.533. The molecule has 0 unspecified atom stereocenters. The monoisotopic (exact) mass is 342 g/mol. The van der Waals surface area contributed by atoms with Crippen molar-refractivity contribution in [1.29, 1.82) is 0 Å². The van der Waals surface area contributed by atoms with E-state index in [4.69, 9.17) is 0 Å². The van der Waals surface area contributed by atoms with Crippen molar-refractivity contribution >= 4 is 21.8 Å². The zero-order valence-electron chi connectivity index (χ0n) is 11.7. The van der Waals surface area contributed by atoms with Crippen LogP contribution < -0.4 is 5.32 Å². The second-order valence-corrected chi connectivity index (χ2v) is 6.12. The van der Waals surface area contributed by atoms with Crippen LogP contribution in [0, 0.1) is 5.82 Å². The standard InChI is InChI=1S/C15H20BrFN2O/c1-11-4-2-3-8-19(11)9-7-18-15(20)13-10-12(17)5-6-14(13)16/h5-6,10-11H,2-4,7-9H2,1H3,(H,18,20)/t11-/m0/s1. The van der Waals surface area contributed by atoms with Crippen molar-refractivity contribution in [3.05, 3.63) is 34.1 Å². The van der Waals surface area contributed by atoms with Gasteiger partial charge < -0.3 is 5.32 Å². The van der Waals surface area contributed by atoms with Gasteiger partial charge in [-0.15, -0.1) is 0 Å². The molecule has 0 aromatic heterocycles. The number of carbonyl (C=O) groups is 1. The van der Waals surface area contributed by atoms with Crippen molar-refractivity contribution in [3.63, 3.8) is 0 Å². The summed E-state index contributed by atoms with van der Waals surface area (Å²) in [4.78, 5) is 14.4. The lowest BCUT2D eigenvalue weighted by Gasteiger charge is -2.33. The van der Waals surface area contributed by atoms with Gasteiger partial charge in [0.15, 0.2) is 0 Å². The van der Waals surface area contributed by atoms with E-state index in [2.05, 4.69) is 33.1 Å². The summed E-state index contributed by atoms with van der Waals surface area (Å²) in [7, 11) is 0. The number of piperidine rings is 1. The van der Waals surface area contributed by atoms with Crippen molar-refractivity contribution in [1.82, 2.24) is 10.2 Å². The van der Waals surface area contributed by atoms with Crippen molar-refractivity contribution in [2.24, 2.45) is 0 Å². The summed E-state index contributed by atoms with van der Waals surface area (Å²) in [5.74, 6) is -0.635. The minimum atomic E-state index is -0.400. The Bertz CT molecular complexity index is 481. The lowest BCUT2D eigenvalue weighted by atomic mass is 10.0. The Balaban J connectivity index is 1.84. The fourth-order valence-corrected chi connectivity index (χ4v) is 3.00. The van der Waals surface area contributed by atoms with Gasteiger partial charge in [-0.1, -0.05) is 6.42 Å². The molecule has 1 fully saturated rings. The second-order valence-electron chi connectivity index (χ2n) is 5.26. The fourth-order valence-electron chi connectivity index (χ4n) is 2.57. The first kappa shape index (κ1) is 15.4. The summed E-state index contributed by atoms with van der Waals surface area (Å²) in [5, 5.41) is 2.86. The maximum absolute atomic E-state index is 13.2. The molecule has 110 valence electrons. The number of hydrogen-bond acceptors (Lipinski definition) is 2. The smallest absolute Gasteiger partial charge is 0.252 e. The first-order valence-corrected chi connectivity index (χ1v) is 7.84. The summed E-state index contributed by atoms with van der Waals surface area (Å²) < 4.78 is 13.8. The summed E-state index contributed by atoms with van der Waals surface area (Å²) >= 11 is 3.27. The number of nitrogens with zero attached hydrogens (tertiary/aromatic N) is 1. The van der Waals surface area contributed by atoms with E-state index in [1.165, 1.54) is 31.4 Å². The largest absolute Gasteiger partial charge is 0.351 e. The van der Waals surface area contributed by atoms with Crippen LogP contribution in [-0.2, 0) is 0 Å². The Hall–Kier alpha value is -0.940. The molecule has 2 rings (SSSR count). The molecule has 1 aromatic carbocycles. The Morgan fingerprint density at radius 1 is 1.50 bits per heavy atom. The molecule has 1 N–H and O–H groups in total. The van der Waals surface area contributed by atoms with E-state index in [-0.39, 0.29) is 5.91 Å². The van der Waals surface area contributed by atoms with E-state index in [1.54, 1.807) is 6.07 Å². The van der Waals surface area contributed by atoms with Crippen LogP contribution in [0.2, 0.25) is 0 Å². The van der Waals surface area contributed by atoms with Gasteiger partial charge in [-0.3, -0.25) is 9.69 Å². The highest BCUT2D eigenvalue weighted by Crippen LogP contribution is 2.18. The minimum absolute atomic E-state index is 0.235. The Morgan fingerprint density at radius 2 is 2.30 bits per heavy atom. The van der Waals surface area contributed by atoms with Gasteiger partial charge in [0, 0.05) is 23.6 Å². The van der Waals surface area contributed by atoms with Crippen LogP contribution in [0.4, 0.5) is 4.39 Å². The van der Waals surface area contributed by atoms with Crippen molar-refractivity contribution in [3.8, 4) is 0 Å². The summed E-state index contributed by atoms with van der Waals surface area (Å²) in [5.41, 5.74) is 0.344. The number of nitrogens with one attached hydrogen (secondary N) is 1. The van der Waals surface area contributed by atoms with Crippen LogP contribution in [0.25, 0.3) is 0 Å². The predicted molar refractivity (Wildman–Crippen MR) is 81.3 cm³/mol. The van der Waals surface area contributed by atoms with Crippen LogP contribution in [0.15, 0.2) is 22.7 Å². The molecule has 0 radical (unpaired) electrons. The Morgan fingerprint density at radius 3 is 3.05 bits per heavy atom. The van der Waals surface area contributed by atoms with Crippen molar-refractivity contribution < 1.29 is 9.18 Å². The van der Waals surface area contributed by atoms with Gasteiger partial charge in [0.25, 0.3) is 5.91 Å². The molecular weight excluding hydrogens is 323 g/mol. The third kappa shape index (κ3) is 4.03. The highest BCUT2D eigenvalue weighted by Gasteiger charge is 2.18. The average Bonchev–Trinajstić information content (AvgIpc) is 2.43.